The van der Waals surface area contributed by atoms with Gasteiger partial charge in [-0.05, 0) is 0 Å². The Morgan fingerprint density at radius 2 is 1.86 bits per heavy atom. The average Bonchev–Trinajstić information content (AvgIpc) is 3.50. The van der Waals surface area contributed by atoms with Crippen molar-refractivity contribution in [3.63, 3.8) is 0 Å². The van der Waals surface area contributed by atoms with Crippen molar-refractivity contribution >= 4 is 11.9 Å². The SMILES string of the molecule is CCC(CC)(C1=CC(C)=C(C(=O)N2CCC[C@@H]2C(=O)OC)[I-]1)c1ccc(OCC(O)C(C)(C)C)c(C)c1. The number of hydrogen-bond acceptors (Lipinski definition) is 5. The molecule has 206 valence electrons. The monoisotopic (exact) mass is 624 g/mol. The van der Waals surface area contributed by atoms with Crippen LogP contribution < -0.4 is 25.9 Å². The normalized spacial score (nSPS) is 19.4. The van der Waals surface area contributed by atoms with Gasteiger partial charge in [0.1, 0.15) is 0 Å². The molecular weight excluding hydrogens is 581 g/mol. The summed E-state index contributed by atoms with van der Waals surface area (Å²) in [6.45, 7) is 15.4. The second-order valence-electron chi connectivity index (χ2n) is 11.2. The first-order valence-corrected chi connectivity index (χ1v) is 15.4. The van der Waals surface area contributed by atoms with Gasteiger partial charge in [-0.3, -0.25) is 0 Å². The quantitative estimate of drug-likeness (QED) is 0.337. The van der Waals surface area contributed by atoms with Crippen molar-refractivity contribution in [1.82, 2.24) is 4.90 Å². The molecule has 2 atom stereocenters. The summed E-state index contributed by atoms with van der Waals surface area (Å²) < 4.78 is 13.2. The van der Waals surface area contributed by atoms with Crippen molar-refractivity contribution in [2.24, 2.45) is 5.41 Å². The number of methoxy groups -OCH3 is 1. The van der Waals surface area contributed by atoms with Crippen LogP contribution in [0.3, 0.4) is 0 Å². The zero-order valence-corrected chi connectivity index (χ0v) is 25.8. The van der Waals surface area contributed by atoms with Crippen LogP contribution in [0.25, 0.3) is 0 Å². The van der Waals surface area contributed by atoms with Crippen molar-refractivity contribution in [3.8, 4) is 5.75 Å². The van der Waals surface area contributed by atoms with E-state index in [0.29, 0.717) is 13.0 Å². The van der Waals surface area contributed by atoms with Gasteiger partial charge in [0.15, 0.2) is 0 Å². The van der Waals surface area contributed by atoms with Gasteiger partial charge in [0, 0.05) is 0 Å². The number of aryl methyl sites for hydroxylation is 1. The molecule has 1 aromatic carbocycles. The molecule has 6 nitrogen and oxygen atoms in total. The number of esters is 1. The third-order valence-corrected chi connectivity index (χ3v) is 11.6. The third kappa shape index (κ3) is 6.08. The summed E-state index contributed by atoms with van der Waals surface area (Å²) >= 11 is -0.674. The van der Waals surface area contributed by atoms with Gasteiger partial charge < -0.3 is 0 Å². The van der Waals surface area contributed by atoms with Gasteiger partial charge >= 0.3 is 233 Å². The molecule has 7 heteroatoms. The van der Waals surface area contributed by atoms with E-state index < -0.39 is 33.4 Å². The molecule has 0 aromatic heterocycles. The number of likely N-dealkylation sites (tertiary alicyclic amines) is 1. The van der Waals surface area contributed by atoms with Crippen LogP contribution in [0, 0.1) is 12.3 Å². The topological polar surface area (TPSA) is 76.1 Å². The summed E-state index contributed by atoms with van der Waals surface area (Å²) in [7, 11) is 1.39. The first kappa shape index (κ1) is 29.7. The summed E-state index contributed by atoms with van der Waals surface area (Å²) in [6, 6.07) is 5.90. The molecule has 2 aliphatic rings. The number of allylic oxidation sites excluding steroid dienone is 3. The van der Waals surface area contributed by atoms with E-state index in [2.05, 4.69) is 39.0 Å². The standard InChI is InChI=1S/C30H43INO5/c1-9-30(10-2,21-13-14-23(19(3)16-21)37-18-25(33)29(5,6)7)24-17-20(4)26(31-24)27(34)32-15-11-12-22(32)28(35)36-8/h13-14,16-17,22,25,33H,9-12,15,18H2,1-8H3/q-1/t22-,25?/m1/s1. The first-order chi connectivity index (χ1) is 17.4. The van der Waals surface area contributed by atoms with Gasteiger partial charge in [-0.25, -0.2) is 0 Å². The molecule has 3 rings (SSSR count). The molecule has 1 saturated heterocycles. The Hall–Kier alpha value is -1.87. The summed E-state index contributed by atoms with van der Waals surface area (Å²) in [5.74, 6) is 0.469. The fraction of sp³-hybridized carbons (Fsp3) is 0.600. The summed E-state index contributed by atoms with van der Waals surface area (Å²) in [4.78, 5) is 27.6. The van der Waals surface area contributed by atoms with Crippen LogP contribution in [0.4, 0.5) is 0 Å². The Balaban J connectivity index is 1.82. The number of nitrogens with zero attached hydrogens (tertiary/aromatic N) is 1. The molecule has 0 saturated carbocycles. The minimum atomic E-state index is -0.674. The molecule has 0 aliphatic carbocycles. The van der Waals surface area contributed by atoms with E-state index in [1.54, 1.807) is 4.90 Å². The maximum absolute atomic E-state index is 13.6. The van der Waals surface area contributed by atoms with Gasteiger partial charge in [-0.15, -0.1) is 0 Å². The third-order valence-electron chi connectivity index (χ3n) is 7.85. The van der Waals surface area contributed by atoms with Crippen LogP contribution in [0.5, 0.6) is 5.75 Å². The molecule has 2 aliphatic heterocycles. The van der Waals surface area contributed by atoms with Gasteiger partial charge in [0.05, 0.1) is 0 Å². The van der Waals surface area contributed by atoms with Crippen LogP contribution in [-0.2, 0) is 19.7 Å². The zero-order chi connectivity index (χ0) is 27.5. The number of carbonyl (C=O) groups excluding carboxylic acids is 2. The average molecular weight is 625 g/mol. The molecule has 0 spiro atoms. The molecule has 1 unspecified atom stereocenters. The van der Waals surface area contributed by atoms with E-state index in [-0.39, 0.29) is 29.3 Å². The van der Waals surface area contributed by atoms with Crippen LogP contribution in [0.2, 0.25) is 0 Å². The summed E-state index contributed by atoms with van der Waals surface area (Å²) in [5.41, 5.74) is 2.91. The number of hydrogen-bond donors (Lipinski definition) is 1. The van der Waals surface area contributed by atoms with Crippen LogP contribution >= 0.6 is 0 Å². The molecule has 1 N–H and O–H groups in total. The summed E-state index contributed by atoms with van der Waals surface area (Å²) in [6.07, 6.45) is 5.03. The zero-order valence-electron chi connectivity index (χ0n) is 23.6. The maximum atomic E-state index is 13.6. The van der Waals surface area contributed by atoms with Crippen molar-refractivity contribution in [2.75, 3.05) is 20.3 Å². The Morgan fingerprint density at radius 1 is 1.19 bits per heavy atom. The van der Waals surface area contributed by atoms with E-state index in [0.717, 1.165) is 39.7 Å². The molecule has 1 aromatic rings. The number of aliphatic hydroxyl groups excluding tert-OH is 1. The van der Waals surface area contributed by atoms with Crippen molar-refractivity contribution in [3.05, 3.63) is 48.1 Å². The molecular formula is C30H43INO5-. The van der Waals surface area contributed by atoms with Crippen LogP contribution in [0.1, 0.15) is 78.4 Å². The van der Waals surface area contributed by atoms with E-state index in [1.807, 2.05) is 33.8 Å². The van der Waals surface area contributed by atoms with Gasteiger partial charge in [0.2, 0.25) is 0 Å². The molecule has 1 fully saturated rings. The fourth-order valence-electron chi connectivity index (χ4n) is 5.07. The predicted octanol–water partition coefficient (Wildman–Crippen LogP) is 2.26. The van der Waals surface area contributed by atoms with Crippen LogP contribution in [0.15, 0.2) is 37.0 Å². The minimum absolute atomic E-state index is 0.00268. The van der Waals surface area contributed by atoms with E-state index >= 15 is 0 Å². The van der Waals surface area contributed by atoms with Crippen LogP contribution in [-0.4, -0.2) is 54.3 Å². The number of amides is 1. The van der Waals surface area contributed by atoms with Crippen molar-refractivity contribution < 1.29 is 45.4 Å². The molecule has 0 bridgehead atoms. The van der Waals surface area contributed by atoms with Crippen molar-refractivity contribution in [2.45, 2.75) is 91.7 Å². The second kappa shape index (κ2) is 11.9. The number of rotatable bonds is 9. The van der Waals surface area contributed by atoms with Gasteiger partial charge in [-0.1, -0.05) is 0 Å². The van der Waals surface area contributed by atoms with E-state index in [4.69, 9.17) is 9.47 Å². The Bertz CT molecular complexity index is 1080. The number of aliphatic hydroxyl groups is 1. The van der Waals surface area contributed by atoms with E-state index in [1.165, 1.54) is 16.3 Å². The molecule has 2 heterocycles. The summed E-state index contributed by atoms with van der Waals surface area (Å²) in [5, 5.41) is 10.4. The molecule has 0 radical (unpaired) electrons. The Morgan fingerprint density at radius 3 is 2.43 bits per heavy atom. The Kier molecular flexibility index (Phi) is 9.54. The number of halogens is 1. The van der Waals surface area contributed by atoms with Gasteiger partial charge in [0.25, 0.3) is 0 Å². The molecule has 37 heavy (non-hydrogen) atoms. The second-order valence-corrected chi connectivity index (χ2v) is 14.0. The predicted molar refractivity (Wildman–Crippen MR) is 142 cm³/mol. The number of benzene rings is 1. The van der Waals surface area contributed by atoms with Gasteiger partial charge in [-0.2, -0.15) is 0 Å². The van der Waals surface area contributed by atoms with Crippen molar-refractivity contribution in [1.29, 1.82) is 0 Å². The Labute approximate surface area is 232 Å². The van der Waals surface area contributed by atoms with E-state index in [9.17, 15) is 14.7 Å². The first-order valence-electron chi connectivity index (χ1n) is 13.3. The fourth-order valence-corrected chi connectivity index (χ4v) is 8.99. The number of carbonyl (C=O) groups is 2. The number of ether oxygens (including phenoxy) is 2. The molecule has 1 amide bonds.